The molecule has 11 nitrogen and oxygen atoms in total. The van der Waals surface area contributed by atoms with Gasteiger partial charge in [0.1, 0.15) is 5.82 Å². The van der Waals surface area contributed by atoms with Crippen LogP contribution in [0.5, 0.6) is 0 Å². The van der Waals surface area contributed by atoms with Crippen LogP contribution in [0.1, 0.15) is 38.7 Å². The first-order valence-corrected chi connectivity index (χ1v) is 14.9. The van der Waals surface area contributed by atoms with E-state index in [2.05, 4.69) is 10.6 Å². The van der Waals surface area contributed by atoms with Crippen LogP contribution >= 0.6 is 11.6 Å². The number of halogens is 2. The molecule has 2 saturated heterocycles. The lowest BCUT2D eigenvalue weighted by atomic mass is 10.0. The Labute approximate surface area is 264 Å². The van der Waals surface area contributed by atoms with E-state index >= 15 is 0 Å². The minimum absolute atomic E-state index is 0.0310. The molecule has 2 heterocycles. The molecule has 4 amide bonds. The van der Waals surface area contributed by atoms with Gasteiger partial charge in [-0.05, 0) is 54.1 Å². The number of nitrogens with one attached hydrogen (secondary N) is 2. The molecule has 236 valence electrons. The topological polar surface area (TPSA) is 132 Å². The van der Waals surface area contributed by atoms with E-state index in [1.807, 2.05) is 4.90 Å². The first-order valence-electron chi connectivity index (χ1n) is 14.5. The fourth-order valence-electron chi connectivity index (χ4n) is 5.33. The first-order chi connectivity index (χ1) is 21.7. The number of benzene rings is 3. The highest BCUT2D eigenvalue weighted by molar-refractivity contribution is 6.31. The molecule has 0 bridgehead atoms. The predicted octanol–water partition coefficient (Wildman–Crippen LogP) is 4.25. The summed E-state index contributed by atoms with van der Waals surface area (Å²) in [7, 11) is 0. The Hall–Kier alpha value is -4.68. The summed E-state index contributed by atoms with van der Waals surface area (Å²) in [6.45, 7) is 4.06. The summed E-state index contributed by atoms with van der Waals surface area (Å²) in [6.07, 6.45) is -0.415. The Morgan fingerprint density at radius 1 is 0.844 bits per heavy atom. The second kappa shape index (κ2) is 14.4. The van der Waals surface area contributed by atoms with Crippen LogP contribution in [-0.4, -0.2) is 91.2 Å². The molecule has 2 aliphatic rings. The molecule has 3 N–H and O–H groups in total. The Kier molecular flexibility index (Phi) is 10.2. The Morgan fingerprint density at radius 2 is 1.51 bits per heavy atom. The normalized spacial score (nSPS) is 15.7. The summed E-state index contributed by atoms with van der Waals surface area (Å²) in [5.74, 6) is -2.63. The van der Waals surface area contributed by atoms with Gasteiger partial charge in [-0.3, -0.25) is 14.4 Å². The SMILES string of the molecule is O=C(O)CC(NC(=O)c1ccc(N2CCN(C(=O)N3CCOCC3)CC2)c(NC(=O)c2cccc(Cl)c2)c1)c1ccc(F)cc1. The lowest BCUT2D eigenvalue weighted by molar-refractivity contribution is -0.137. The molecule has 1 atom stereocenters. The zero-order valence-electron chi connectivity index (χ0n) is 24.4. The van der Waals surface area contributed by atoms with Crippen molar-refractivity contribution in [1.82, 2.24) is 15.1 Å². The van der Waals surface area contributed by atoms with Crippen molar-refractivity contribution in [3.05, 3.63) is 94.3 Å². The number of ether oxygens (including phenoxy) is 1. The summed E-state index contributed by atoms with van der Waals surface area (Å²) in [5.41, 5.74) is 1.95. The van der Waals surface area contributed by atoms with Crippen molar-refractivity contribution in [2.75, 3.05) is 62.7 Å². The van der Waals surface area contributed by atoms with Crippen molar-refractivity contribution in [3.8, 4) is 0 Å². The van der Waals surface area contributed by atoms with Crippen LogP contribution in [-0.2, 0) is 9.53 Å². The molecule has 45 heavy (non-hydrogen) atoms. The highest BCUT2D eigenvalue weighted by Crippen LogP contribution is 2.30. The molecule has 0 spiro atoms. The zero-order valence-corrected chi connectivity index (χ0v) is 25.1. The first kappa shape index (κ1) is 31.7. The van der Waals surface area contributed by atoms with Crippen molar-refractivity contribution in [2.45, 2.75) is 12.5 Å². The predicted molar refractivity (Wildman–Crippen MR) is 166 cm³/mol. The number of carboxylic acids is 1. The lowest BCUT2D eigenvalue weighted by Crippen LogP contribution is -2.54. The molecule has 3 aromatic rings. The van der Waals surface area contributed by atoms with Crippen LogP contribution in [0.15, 0.2) is 66.7 Å². The number of urea groups is 1. The average molecular weight is 638 g/mol. The van der Waals surface area contributed by atoms with E-state index in [0.29, 0.717) is 80.0 Å². The largest absolute Gasteiger partial charge is 0.481 e. The molecule has 2 aliphatic heterocycles. The van der Waals surface area contributed by atoms with Crippen molar-refractivity contribution < 1.29 is 33.4 Å². The number of carboxylic acid groups (broad SMARTS) is 1. The third-order valence-corrected chi connectivity index (χ3v) is 7.96. The summed E-state index contributed by atoms with van der Waals surface area (Å²) >= 11 is 6.10. The summed E-state index contributed by atoms with van der Waals surface area (Å²) in [6, 6.07) is 15.6. The molecule has 0 saturated carbocycles. The van der Waals surface area contributed by atoms with Gasteiger partial charge >= 0.3 is 12.0 Å². The van der Waals surface area contributed by atoms with Crippen LogP contribution in [0, 0.1) is 5.82 Å². The Balaban J connectivity index is 1.37. The van der Waals surface area contributed by atoms with Crippen molar-refractivity contribution >= 4 is 46.8 Å². The standard InChI is InChI=1S/C32H33ClFN5O6/c33-24-3-1-2-22(18-24)30(42)36-27-19-23(31(43)35-26(20-29(40)41)21-4-7-25(34)8-5-21)6-9-28(27)37-10-12-38(13-11-37)32(44)39-14-16-45-17-15-39/h1-9,18-19,26H,10-17,20H2,(H,35,43)(H,36,42)(H,40,41). The maximum Gasteiger partial charge on any atom is 0.320 e. The minimum Gasteiger partial charge on any atom is -0.481 e. The zero-order chi connectivity index (χ0) is 31.9. The molecule has 0 aliphatic carbocycles. The Bertz CT molecular complexity index is 1560. The van der Waals surface area contributed by atoms with E-state index in [0.717, 1.165) is 0 Å². The summed E-state index contributed by atoms with van der Waals surface area (Å²) < 4.78 is 18.9. The third kappa shape index (κ3) is 8.08. The van der Waals surface area contributed by atoms with E-state index in [4.69, 9.17) is 16.3 Å². The molecular formula is C32H33ClFN5O6. The van der Waals surface area contributed by atoms with Gasteiger partial charge in [0.25, 0.3) is 11.8 Å². The van der Waals surface area contributed by atoms with Crippen LogP contribution in [0.4, 0.5) is 20.6 Å². The van der Waals surface area contributed by atoms with E-state index < -0.39 is 36.1 Å². The fourth-order valence-corrected chi connectivity index (χ4v) is 5.52. The van der Waals surface area contributed by atoms with Gasteiger partial charge in [-0.15, -0.1) is 0 Å². The molecule has 13 heteroatoms. The maximum atomic E-state index is 13.5. The number of piperazine rings is 1. The monoisotopic (exact) mass is 637 g/mol. The fraction of sp³-hybridized carbons (Fsp3) is 0.312. The number of carbonyl (C=O) groups excluding carboxylic acids is 3. The molecule has 1 unspecified atom stereocenters. The van der Waals surface area contributed by atoms with Gasteiger partial charge in [-0.25, -0.2) is 9.18 Å². The van der Waals surface area contributed by atoms with Gasteiger partial charge in [0.15, 0.2) is 0 Å². The van der Waals surface area contributed by atoms with Crippen LogP contribution in [0.3, 0.4) is 0 Å². The minimum atomic E-state index is -1.14. The van der Waals surface area contributed by atoms with Gasteiger partial charge in [0.2, 0.25) is 0 Å². The van der Waals surface area contributed by atoms with E-state index in [1.165, 1.54) is 36.4 Å². The van der Waals surface area contributed by atoms with Gasteiger partial charge in [0, 0.05) is 55.4 Å². The van der Waals surface area contributed by atoms with Crippen molar-refractivity contribution in [3.63, 3.8) is 0 Å². The average Bonchev–Trinajstić information content (AvgIpc) is 3.04. The van der Waals surface area contributed by atoms with Crippen LogP contribution < -0.4 is 15.5 Å². The number of morpholine rings is 1. The second-order valence-corrected chi connectivity index (χ2v) is 11.2. The second-order valence-electron chi connectivity index (χ2n) is 10.7. The van der Waals surface area contributed by atoms with Gasteiger partial charge in [0.05, 0.1) is 37.1 Å². The maximum absolute atomic E-state index is 13.5. The molecule has 0 radical (unpaired) electrons. The van der Waals surface area contributed by atoms with E-state index in [1.54, 1.807) is 40.1 Å². The van der Waals surface area contributed by atoms with Crippen molar-refractivity contribution in [1.29, 1.82) is 0 Å². The highest BCUT2D eigenvalue weighted by Gasteiger charge is 2.28. The molecular weight excluding hydrogens is 605 g/mol. The number of carbonyl (C=O) groups is 4. The highest BCUT2D eigenvalue weighted by atomic mass is 35.5. The summed E-state index contributed by atoms with van der Waals surface area (Å²) in [5, 5.41) is 15.5. The molecule has 3 aromatic carbocycles. The number of nitrogens with zero attached hydrogens (tertiary/aromatic N) is 3. The van der Waals surface area contributed by atoms with Crippen LogP contribution in [0.2, 0.25) is 5.02 Å². The van der Waals surface area contributed by atoms with Gasteiger partial charge in [-0.1, -0.05) is 29.8 Å². The number of hydrogen-bond acceptors (Lipinski definition) is 6. The van der Waals surface area contributed by atoms with E-state index in [-0.39, 0.29) is 11.6 Å². The number of rotatable bonds is 8. The Morgan fingerprint density at radius 3 is 2.18 bits per heavy atom. The van der Waals surface area contributed by atoms with Gasteiger partial charge < -0.3 is 35.2 Å². The van der Waals surface area contributed by atoms with E-state index in [9.17, 15) is 28.7 Å². The molecule has 2 fully saturated rings. The number of aliphatic carboxylic acids is 1. The molecule has 5 rings (SSSR count). The van der Waals surface area contributed by atoms with Crippen LogP contribution in [0.25, 0.3) is 0 Å². The molecule has 0 aromatic heterocycles. The number of anilines is 2. The third-order valence-electron chi connectivity index (χ3n) is 7.72. The quantitative estimate of drug-likeness (QED) is 0.337. The number of hydrogen-bond donors (Lipinski definition) is 3. The van der Waals surface area contributed by atoms with Gasteiger partial charge in [-0.2, -0.15) is 0 Å². The smallest absolute Gasteiger partial charge is 0.320 e. The van der Waals surface area contributed by atoms with Crippen molar-refractivity contribution in [2.24, 2.45) is 0 Å². The number of amides is 4. The summed E-state index contributed by atoms with van der Waals surface area (Å²) in [4.78, 5) is 56.8. The lowest BCUT2D eigenvalue weighted by Gasteiger charge is -2.39.